The number of rotatable bonds is 6. The summed E-state index contributed by atoms with van der Waals surface area (Å²) in [6.45, 7) is 0. The number of benzene rings is 2. The summed E-state index contributed by atoms with van der Waals surface area (Å²) in [6, 6.07) is 12.0. The lowest BCUT2D eigenvalue weighted by Crippen LogP contribution is -2.02. The summed E-state index contributed by atoms with van der Waals surface area (Å²) >= 11 is 0. The summed E-state index contributed by atoms with van der Waals surface area (Å²) in [4.78, 5) is 11.4. The zero-order chi connectivity index (χ0) is 20.0. The Morgan fingerprint density at radius 1 is 1.00 bits per heavy atom. The highest BCUT2D eigenvalue weighted by atomic mass is 16.5. The quantitative estimate of drug-likeness (QED) is 0.259. The van der Waals surface area contributed by atoms with Gasteiger partial charge >= 0.3 is 5.97 Å². The van der Waals surface area contributed by atoms with Gasteiger partial charge in [0.05, 0.1) is 7.11 Å². The van der Waals surface area contributed by atoms with Crippen LogP contribution >= 0.6 is 0 Å². The Labute approximate surface area is 154 Å². The van der Waals surface area contributed by atoms with E-state index in [2.05, 4.69) is 4.74 Å². The topological polar surface area (TPSA) is 140 Å². The maximum absolute atomic E-state index is 11.4. The van der Waals surface area contributed by atoms with Gasteiger partial charge in [0.2, 0.25) is 0 Å². The molecule has 0 aromatic heterocycles. The zero-order valence-corrected chi connectivity index (χ0v) is 14.2. The van der Waals surface area contributed by atoms with Crippen LogP contribution in [0.3, 0.4) is 0 Å². The third-order valence-corrected chi connectivity index (χ3v) is 3.50. The van der Waals surface area contributed by atoms with E-state index in [0.717, 1.165) is 0 Å². The van der Waals surface area contributed by atoms with Crippen LogP contribution in [0.4, 0.5) is 0 Å². The van der Waals surface area contributed by atoms with E-state index in [1.165, 1.54) is 31.4 Å². The second kappa shape index (κ2) is 8.93. The van der Waals surface area contributed by atoms with E-state index in [0.29, 0.717) is 11.3 Å². The van der Waals surface area contributed by atoms with Crippen LogP contribution in [0.25, 0.3) is 6.08 Å². The molecule has 4 N–H and O–H groups in total. The van der Waals surface area contributed by atoms with Gasteiger partial charge < -0.3 is 29.9 Å². The van der Waals surface area contributed by atoms with Gasteiger partial charge in [0.1, 0.15) is 23.1 Å². The van der Waals surface area contributed by atoms with E-state index >= 15 is 0 Å². The van der Waals surface area contributed by atoms with Gasteiger partial charge in [-0.25, -0.2) is 4.79 Å². The largest absolute Gasteiger partial charge is 0.465 e. The summed E-state index contributed by atoms with van der Waals surface area (Å²) in [5.74, 6) is -0.210. The number of ether oxygens (including phenoxy) is 2. The van der Waals surface area contributed by atoms with Crippen LogP contribution in [0, 0.1) is 11.3 Å². The molecule has 8 heteroatoms. The van der Waals surface area contributed by atoms with Crippen molar-refractivity contribution in [3.8, 4) is 17.6 Å². The molecule has 0 atom stereocenters. The SMILES string of the molecule is COC(=O)/C(C#N)=C\c1ccc(Oc2cc(C(O)O)cc(C(O)O)c2)cc1. The second-order valence-corrected chi connectivity index (χ2v) is 5.42. The minimum Gasteiger partial charge on any atom is -0.465 e. The number of hydrogen-bond donors (Lipinski definition) is 4. The van der Waals surface area contributed by atoms with Crippen LogP contribution in [-0.2, 0) is 9.53 Å². The van der Waals surface area contributed by atoms with E-state index in [-0.39, 0.29) is 22.4 Å². The molecule has 2 aromatic rings. The van der Waals surface area contributed by atoms with E-state index < -0.39 is 18.5 Å². The second-order valence-electron chi connectivity index (χ2n) is 5.42. The first-order chi connectivity index (χ1) is 12.8. The van der Waals surface area contributed by atoms with Crippen molar-refractivity contribution < 1.29 is 34.7 Å². The predicted molar refractivity (Wildman–Crippen MR) is 92.9 cm³/mol. The molecule has 0 saturated carbocycles. The molecule has 0 bridgehead atoms. The van der Waals surface area contributed by atoms with Crippen molar-refractivity contribution in [1.82, 2.24) is 0 Å². The molecule has 0 aliphatic heterocycles. The third kappa shape index (κ3) is 5.37. The van der Waals surface area contributed by atoms with Crippen molar-refractivity contribution in [3.63, 3.8) is 0 Å². The summed E-state index contributed by atoms with van der Waals surface area (Å²) < 4.78 is 10.1. The fraction of sp³-hybridized carbons (Fsp3) is 0.158. The zero-order valence-electron chi connectivity index (χ0n) is 14.2. The number of carbonyl (C=O) groups excluding carboxylic acids is 1. The number of hydrogen-bond acceptors (Lipinski definition) is 8. The van der Waals surface area contributed by atoms with Gasteiger partial charge in [-0.05, 0) is 42.0 Å². The first-order valence-electron chi connectivity index (χ1n) is 7.69. The number of aliphatic hydroxyl groups excluding tert-OH is 2. The van der Waals surface area contributed by atoms with E-state index in [4.69, 9.17) is 10.00 Å². The maximum Gasteiger partial charge on any atom is 0.348 e. The molecule has 0 saturated heterocycles. The lowest BCUT2D eigenvalue weighted by atomic mass is 10.1. The molecule has 0 heterocycles. The number of nitrogens with zero attached hydrogens (tertiary/aromatic N) is 1. The molecule has 27 heavy (non-hydrogen) atoms. The van der Waals surface area contributed by atoms with Crippen molar-refractivity contribution in [1.29, 1.82) is 5.26 Å². The Hall–Kier alpha value is -3.22. The van der Waals surface area contributed by atoms with Gasteiger partial charge in [-0.3, -0.25) is 0 Å². The van der Waals surface area contributed by atoms with Crippen LogP contribution < -0.4 is 4.74 Å². The minimum atomic E-state index is -1.80. The molecule has 0 radical (unpaired) electrons. The highest BCUT2D eigenvalue weighted by molar-refractivity contribution is 5.97. The fourth-order valence-electron chi connectivity index (χ4n) is 2.18. The summed E-state index contributed by atoms with van der Waals surface area (Å²) in [5.41, 5.74) is 0.478. The van der Waals surface area contributed by atoms with Crippen LogP contribution in [0.2, 0.25) is 0 Å². The van der Waals surface area contributed by atoms with Gasteiger partial charge in [-0.2, -0.15) is 5.26 Å². The molecular formula is C19H17NO7. The van der Waals surface area contributed by atoms with Crippen molar-refractivity contribution >= 4 is 12.0 Å². The first-order valence-corrected chi connectivity index (χ1v) is 7.69. The molecule has 0 amide bonds. The van der Waals surface area contributed by atoms with Gasteiger partial charge in [0, 0.05) is 11.1 Å². The van der Waals surface area contributed by atoms with Gasteiger partial charge in [-0.1, -0.05) is 12.1 Å². The Morgan fingerprint density at radius 3 is 2.00 bits per heavy atom. The maximum atomic E-state index is 11.4. The number of esters is 1. The van der Waals surface area contributed by atoms with E-state index in [1.54, 1.807) is 30.3 Å². The molecule has 140 valence electrons. The number of carbonyl (C=O) groups is 1. The van der Waals surface area contributed by atoms with E-state index in [1.807, 2.05) is 0 Å². The normalized spacial score (nSPS) is 11.4. The number of aliphatic hydroxyl groups is 4. The van der Waals surface area contributed by atoms with E-state index in [9.17, 15) is 25.2 Å². The van der Waals surface area contributed by atoms with Crippen LogP contribution in [0.5, 0.6) is 11.5 Å². The molecule has 0 fully saturated rings. The van der Waals surface area contributed by atoms with Crippen LogP contribution in [0.1, 0.15) is 29.3 Å². The molecule has 0 aliphatic carbocycles. The minimum absolute atomic E-state index is 0.0342. The molecule has 2 aromatic carbocycles. The lowest BCUT2D eigenvalue weighted by molar-refractivity contribution is -0.135. The van der Waals surface area contributed by atoms with Crippen molar-refractivity contribution in [2.45, 2.75) is 12.6 Å². The first kappa shape index (κ1) is 20.1. The van der Waals surface area contributed by atoms with Gasteiger partial charge in [0.15, 0.2) is 12.6 Å². The Bertz CT molecular complexity index is 854. The Balaban J connectivity index is 2.25. The monoisotopic (exact) mass is 371 g/mol. The predicted octanol–water partition coefficient (Wildman–Crippen LogP) is 1.53. The summed E-state index contributed by atoms with van der Waals surface area (Å²) in [5, 5.41) is 46.1. The van der Waals surface area contributed by atoms with Crippen molar-refractivity contribution in [3.05, 3.63) is 64.7 Å². The standard InChI is InChI=1S/C19H17NO7/c1-26-19(25)14(10-20)6-11-2-4-15(5-3-11)27-16-8-12(17(21)22)7-13(9-16)18(23)24/h2-9,17-18,21-24H,1H3/b14-6-. The average molecular weight is 371 g/mol. The third-order valence-electron chi connectivity index (χ3n) is 3.50. The molecule has 8 nitrogen and oxygen atoms in total. The summed E-state index contributed by atoms with van der Waals surface area (Å²) in [7, 11) is 1.18. The highest BCUT2D eigenvalue weighted by Crippen LogP contribution is 2.28. The van der Waals surface area contributed by atoms with Gasteiger partial charge in [0.25, 0.3) is 0 Å². The molecule has 0 unspecified atom stereocenters. The fourth-order valence-corrected chi connectivity index (χ4v) is 2.18. The number of methoxy groups -OCH3 is 1. The van der Waals surface area contributed by atoms with Crippen molar-refractivity contribution in [2.75, 3.05) is 7.11 Å². The molecule has 0 spiro atoms. The average Bonchev–Trinajstić information content (AvgIpc) is 2.66. The van der Waals surface area contributed by atoms with Crippen molar-refractivity contribution in [2.24, 2.45) is 0 Å². The van der Waals surface area contributed by atoms with Crippen LogP contribution in [0.15, 0.2) is 48.0 Å². The number of nitriles is 1. The smallest absolute Gasteiger partial charge is 0.348 e. The molecule has 2 rings (SSSR count). The Kier molecular flexibility index (Phi) is 6.65. The van der Waals surface area contributed by atoms with Crippen LogP contribution in [-0.4, -0.2) is 33.5 Å². The summed E-state index contributed by atoms with van der Waals surface area (Å²) in [6.07, 6.45) is -2.25. The molecular weight excluding hydrogens is 354 g/mol. The van der Waals surface area contributed by atoms with Gasteiger partial charge in [-0.15, -0.1) is 0 Å². The highest BCUT2D eigenvalue weighted by Gasteiger charge is 2.12. The lowest BCUT2D eigenvalue weighted by Gasteiger charge is -2.13. The Morgan fingerprint density at radius 2 is 1.56 bits per heavy atom. The molecule has 0 aliphatic rings.